The van der Waals surface area contributed by atoms with Crippen LogP contribution in [-0.2, 0) is 14.3 Å². The zero-order chi connectivity index (χ0) is 16.1. The van der Waals surface area contributed by atoms with Crippen molar-refractivity contribution in [1.29, 1.82) is 0 Å². The molecule has 3 saturated carbocycles. The molecule has 0 aromatic rings. The average molecular weight is 321 g/mol. The lowest BCUT2D eigenvalue weighted by Crippen LogP contribution is -2.41. The zero-order valence-electron chi connectivity index (χ0n) is 14.2. The number of hydrogen-bond acceptors (Lipinski definition) is 3. The Kier molecular flexibility index (Phi) is 5.96. The second-order valence-electron chi connectivity index (χ2n) is 7.74. The fraction of sp³-hybridized carbons (Fsp3) is 0.895. The van der Waals surface area contributed by atoms with Gasteiger partial charge < -0.3 is 10.1 Å². The molecule has 0 bridgehead atoms. The summed E-state index contributed by atoms with van der Waals surface area (Å²) in [6.07, 6.45) is 14.0. The predicted molar refractivity (Wildman–Crippen MR) is 88.8 cm³/mol. The fourth-order valence-corrected chi connectivity index (χ4v) is 4.42. The lowest BCUT2D eigenvalue weighted by atomic mass is 9.85. The Morgan fingerprint density at radius 1 is 0.696 bits per heavy atom. The van der Waals surface area contributed by atoms with Crippen LogP contribution in [-0.4, -0.2) is 24.0 Å². The Balaban J connectivity index is 1.37. The molecule has 0 aliphatic heterocycles. The van der Waals surface area contributed by atoms with Crippen LogP contribution in [0.2, 0.25) is 0 Å². The number of nitrogens with one attached hydrogen (secondary N) is 1. The lowest BCUT2D eigenvalue weighted by Gasteiger charge is -2.30. The Labute approximate surface area is 139 Å². The van der Waals surface area contributed by atoms with Gasteiger partial charge in [-0.2, -0.15) is 0 Å². The van der Waals surface area contributed by atoms with Gasteiger partial charge in [0.1, 0.15) is 6.10 Å². The summed E-state index contributed by atoms with van der Waals surface area (Å²) in [5.41, 5.74) is 0. The number of carbonyl (C=O) groups is 2. The van der Waals surface area contributed by atoms with Gasteiger partial charge in [0, 0.05) is 12.0 Å². The molecular formula is C19H31NO3. The number of esters is 1. The standard InChI is InChI=1S/C19H31NO3/c21-18(14-6-4-5-7-14)20-16-12-10-15(11-13-16)19(22)23-17-8-2-1-3-9-17/h14-17H,1-13H2,(H,20,21). The number of carbonyl (C=O) groups excluding carboxylic acids is 2. The molecule has 0 unspecified atom stereocenters. The van der Waals surface area contributed by atoms with E-state index in [1.54, 1.807) is 0 Å². The highest BCUT2D eigenvalue weighted by molar-refractivity contribution is 5.79. The van der Waals surface area contributed by atoms with E-state index in [1.807, 2.05) is 0 Å². The van der Waals surface area contributed by atoms with Crippen LogP contribution in [0.4, 0.5) is 0 Å². The summed E-state index contributed by atoms with van der Waals surface area (Å²) in [4.78, 5) is 24.5. The molecule has 4 nitrogen and oxygen atoms in total. The molecule has 1 N–H and O–H groups in total. The topological polar surface area (TPSA) is 55.4 Å². The second kappa shape index (κ2) is 8.16. The highest BCUT2D eigenvalue weighted by atomic mass is 16.5. The third-order valence-electron chi connectivity index (χ3n) is 5.97. The number of rotatable bonds is 4. The molecule has 0 atom stereocenters. The van der Waals surface area contributed by atoms with Gasteiger partial charge in [-0.25, -0.2) is 0 Å². The molecule has 4 heteroatoms. The minimum Gasteiger partial charge on any atom is -0.462 e. The SMILES string of the molecule is O=C(NC1CCC(C(=O)OC2CCCCC2)CC1)C1CCCC1. The van der Waals surface area contributed by atoms with Crippen molar-refractivity contribution in [3.05, 3.63) is 0 Å². The largest absolute Gasteiger partial charge is 0.462 e. The summed E-state index contributed by atoms with van der Waals surface area (Å²) >= 11 is 0. The first kappa shape index (κ1) is 16.8. The van der Waals surface area contributed by atoms with Crippen molar-refractivity contribution >= 4 is 11.9 Å². The summed E-state index contributed by atoms with van der Waals surface area (Å²) in [5.74, 6) is 0.550. The first-order chi connectivity index (χ1) is 11.2. The maximum absolute atomic E-state index is 12.3. The first-order valence-electron chi connectivity index (χ1n) is 9.73. The van der Waals surface area contributed by atoms with E-state index in [4.69, 9.17) is 4.74 Å². The fourth-order valence-electron chi connectivity index (χ4n) is 4.42. The second-order valence-corrected chi connectivity index (χ2v) is 7.74. The van der Waals surface area contributed by atoms with Crippen LogP contribution in [0.5, 0.6) is 0 Å². The van der Waals surface area contributed by atoms with Crippen molar-refractivity contribution in [2.45, 2.75) is 95.6 Å². The molecule has 0 saturated heterocycles. The number of amides is 1. The maximum atomic E-state index is 12.3. The van der Waals surface area contributed by atoms with Crippen molar-refractivity contribution in [3.63, 3.8) is 0 Å². The zero-order valence-corrected chi connectivity index (χ0v) is 14.2. The summed E-state index contributed by atoms with van der Waals surface area (Å²) in [6, 6.07) is 0.266. The molecule has 3 rings (SSSR count). The van der Waals surface area contributed by atoms with Crippen LogP contribution in [0.15, 0.2) is 0 Å². The summed E-state index contributed by atoms with van der Waals surface area (Å²) < 4.78 is 5.70. The van der Waals surface area contributed by atoms with Gasteiger partial charge >= 0.3 is 5.97 Å². The van der Waals surface area contributed by atoms with Crippen molar-refractivity contribution in [1.82, 2.24) is 5.32 Å². The maximum Gasteiger partial charge on any atom is 0.309 e. The minimum atomic E-state index is 0.0115. The van der Waals surface area contributed by atoms with Crippen LogP contribution in [0.3, 0.4) is 0 Å². The molecule has 130 valence electrons. The quantitative estimate of drug-likeness (QED) is 0.803. The molecular weight excluding hydrogens is 290 g/mol. The van der Waals surface area contributed by atoms with Crippen LogP contribution in [0.25, 0.3) is 0 Å². The monoisotopic (exact) mass is 321 g/mol. The normalized spacial score (nSPS) is 30.1. The molecule has 1 amide bonds. The van der Waals surface area contributed by atoms with Gasteiger partial charge in [-0.1, -0.05) is 19.3 Å². The summed E-state index contributed by atoms with van der Waals surface area (Å²) in [7, 11) is 0. The first-order valence-corrected chi connectivity index (χ1v) is 9.73. The molecule has 0 radical (unpaired) electrons. The third-order valence-corrected chi connectivity index (χ3v) is 5.97. The molecule has 0 aromatic heterocycles. The highest BCUT2D eigenvalue weighted by Gasteiger charge is 2.31. The Morgan fingerprint density at radius 3 is 1.96 bits per heavy atom. The smallest absolute Gasteiger partial charge is 0.309 e. The van der Waals surface area contributed by atoms with Gasteiger partial charge in [-0.05, 0) is 64.2 Å². The molecule has 0 aromatic carbocycles. The van der Waals surface area contributed by atoms with Crippen molar-refractivity contribution in [2.75, 3.05) is 0 Å². The molecule has 0 heterocycles. The Morgan fingerprint density at radius 2 is 1.30 bits per heavy atom. The average Bonchev–Trinajstić information content (AvgIpc) is 3.11. The van der Waals surface area contributed by atoms with Gasteiger partial charge in [0.25, 0.3) is 0 Å². The number of ether oxygens (including phenoxy) is 1. The summed E-state index contributed by atoms with van der Waals surface area (Å²) in [6.45, 7) is 0. The molecule has 0 spiro atoms. The van der Waals surface area contributed by atoms with Crippen LogP contribution in [0, 0.1) is 11.8 Å². The van der Waals surface area contributed by atoms with Crippen molar-refractivity contribution in [3.8, 4) is 0 Å². The van der Waals surface area contributed by atoms with Crippen LogP contribution < -0.4 is 5.32 Å². The van der Waals surface area contributed by atoms with E-state index in [0.717, 1.165) is 51.4 Å². The molecule has 3 aliphatic carbocycles. The van der Waals surface area contributed by atoms with Crippen molar-refractivity contribution in [2.24, 2.45) is 11.8 Å². The molecule has 3 aliphatic rings. The minimum absolute atomic E-state index is 0.0115. The van der Waals surface area contributed by atoms with Gasteiger partial charge in [-0.3, -0.25) is 9.59 Å². The van der Waals surface area contributed by atoms with Crippen molar-refractivity contribution < 1.29 is 14.3 Å². The third kappa shape index (κ3) is 4.71. The number of hydrogen-bond donors (Lipinski definition) is 1. The van der Waals surface area contributed by atoms with Gasteiger partial charge in [-0.15, -0.1) is 0 Å². The van der Waals surface area contributed by atoms with E-state index in [0.29, 0.717) is 0 Å². The van der Waals surface area contributed by atoms with E-state index in [-0.39, 0.29) is 35.9 Å². The van der Waals surface area contributed by atoms with Crippen LogP contribution in [0.1, 0.15) is 83.5 Å². The van der Waals surface area contributed by atoms with Gasteiger partial charge in [0.2, 0.25) is 5.91 Å². The van der Waals surface area contributed by atoms with Gasteiger partial charge in [0.15, 0.2) is 0 Å². The highest BCUT2D eigenvalue weighted by Crippen LogP contribution is 2.29. The Bertz CT molecular complexity index is 403. The molecule has 23 heavy (non-hydrogen) atoms. The van der Waals surface area contributed by atoms with E-state index in [1.165, 1.54) is 32.1 Å². The van der Waals surface area contributed by atoms with E-state index in [9.17, 15) is 9.59 Å². The van der Waals surface area contributed by atoms with E-state index >= 15 is 0 Å². The summed E-state index contributed by atoms with van der Waals surface area (Å²) in [5, 5.41) is 3.21. The Hall–Kier alpha value is -1.06. The van der Waals surface area contributed by atoms with Gasteiger partial charge in [0.05, 0.1) is 5.92 Å². The lowest BCUT2D eigenvalue weighted by molar-refractivity contribution is -0.156. The predicted octanol–water partition coefficient (Wildman–Crippen LogP) is 3.73. The van der Waals surface area contributed by atoms with Crippen LogP contribution >= 0.6 is 0 Å². The van der Waals surface area contributed by atoms with E-state index < -0.39 is 0 Å². The van der Waals surface area contributed by atoms with E-state index in [2.05, 4.69) is 5.32 Å². The molecule has 3 fully saturated rings.